The molecule has 2 N–H and O–H groups in total. The molecule has 0 atom stereocenters. The molecule has 0 fully saturated rings. The molecule has 0 spiro atoms. The van der Waals surface area contributed by atoms with Crippen LogP contribution in [0.5, 0.6) is 0 Å². The molecule has 0 bridgehead atoms. The summed E-state index contributed by atoms with van der Waals surface area (Å²) in [5, 5.41) is 6.11. The molecule has 0 heterocycles. The number of carbonyl (C=O) groups is 4. The monoisotopic (exact) mass is 554 g/mol. The van der Waals surface area contributed by atoms with E-state index in [0.29, 0.717) is 49.7 Å². The largest absolute Gasteiger partial charge is 0 e. The quantitative estimate of drug-likeness (QED) is 0.207. The summed E-state index contributed by atoms with van der Waals surface area (Å²) in [5.74, 6) is -0.578. The maximum atomic E-state index is 12.0. The number of ketones is 2. The maximum absolute atomic E-state index is 12.0. The molecule has 2 aliphatic carbocycles. The van der Waals surface area contributed by atoms with E-state index in [-0.39, 0.29) is 39.5 Å². The van der Waals surface area contributed by atoms with Gasteiger partial charge in [-0.25, -0.2) is 0 Å². The summed E-state index contributed by atoms with van der Waals surface area (Å²) < 4.78 is 0. The fourth-order valence-electron chi connectivity index (χ4n) is 2.71. The van der Waals surface area contributed by atoms with E-state index in [1.807, 2.05) is 13.8 Å². The summed E-state index contributed by atoms with van der Waals surface area (Å²) in [5.41, 5.74) is 2.91. The zero-order valence-electron chi connectivity index (χ0n) is 16.8. The van der Waals surface area contributed by atoms with Crippen molar-refractivity contribution in [3.8, 4) is 0 Å². The molecule has 0 unspecified atom stereocenters. The fourth-order valence-corrected chi connectivity index (χ4v) is 2.71. The average molecular weight is 555 g/mol. The van der Waals surface area contributed by atoms with Gasteiger partial charge in [-0.2, -0.15) is 0 Å². The molecule has 0 aliphatic heterocycles. The average Bonchev–Trinajstić information content (AvgIpc) is 2.72. The van der Waals surface area contributed by atoms with Crippen LogP contribution >= 0.6 is 20.3 Å². The molecule has 31 heavy (non-hydrogen) atoms. The van der Waals surface area contributed by atoms with Crippen LogP contribution in [-0.4, -0.2) is 37.2 Å². The van der Waals surface area contributed by atoms with Crippen LogP contribution in [0.3, 0.4) is 0 Å². The van der Waals surface area contributed by atoms with E-state index in [1.165, 1.54) is 0 Å². The Bertz CT molecular complexity index is 818. The van der Waals surface area contributed by atoms with Gasteiger partial charge in [-0.3, -0.25) is 19.2 Å². The van der Waals surface area contributed by atoms with E-state index < -0.39 is 0 Å². The van der Waals surface area contributed by atoms with Crippen LogP contribution < -0.4 is 10.6 Å². The zero-order valence-corrected chi connectivity index (χ0v) is 20.4. The van der Waals surface area contributed by atoms with Crippen LogP contribution in [0.25, 0.3) is 0 Å². The van der Waals surface area contributed by atoms with Gasteiger partial charge >= 0.3 is 33.2 Å². The minimum absolute atomic E-state index is 0. The smallest absolute Gasteiger partial charge is 0 e. The molecule has 0 aromatic heterocycles. The van der Waals surface area contributed by atoms with Gasteiger partial charge in [-0.15, -0.1) is 0 Å². The Hall–Kier alpha value is -1.69. The summed E-state index contributed by atoms with van der Waals surface area (Å²) in [6.45, 7) is 4.88. The van der Waals surface area contributed by atoms with Gasteiger partial charge in [0.05, 0.1) is 11.1 Å². The van der Waals surface area contributed by atoms with Crippen LogP contribution in [0, 0.1) is 0 Å². The molecule has 0 aromatic rings. The van der Waals surface area contributed by atoms with Gasteiger partial charge in [0.25, 0.3) is 0 Å². The van der Waals surface area contributed by atoms with E-state index in [9.17, 15) is 19.2 Å². The van der Waals surface area contributed by atoms with Crippen LogP contribution in [-0.2, 0) is 48.8 Å². The number of rotatable bonds is 8. The molecule has 2 aliphatic rings. The van der Waals surface area contributed by atoms with Crippen molar-refractivity contribution in [2.75, 3.05) is 13.1 Å². The van der Waals surface area contributed by atoms with Crippen molar-refractivity contribution in [2.45, 2.75) is 20.3 Å². The van der Waals surface area contributed by atoms with Crippen molar-refractivity contribution >= 4 is 44.4 Å². The van der Waals surface area contributed by atoms with Crippen LogP contribution in [0.4, 0.5) is 0 Å². The topological polar surface area (TPSA) is 92.3 Å². The SMILES string of the molecule is CC1=C/C(=C/NCCCN/C=C2/C=C(C)C=C(C=O)C2=O)C(=O)C(C=O)=C1.[Cl][Co][Cl].[Co]. The van der Waals surface area contributed by atoms with Crippen molar-refractivity contribution < 1.29 is 48.8 Å². The Balaban J connectivity index is 0.00000212. The molecule has 1 radical (unpaired) electrons. The van der Waals surface area contributed by atoms with E-state index >= 15 is 0 Å². The first-order valence-electron chi connectivity index (χ1n) is 8.88. The van der Waals surface area contributed by atoms with Crippen molar-refractivity contribution in [2.24, 2.45) is 0 Å². The standard InChI is InChI=1S/C21H22N2O4.2ClH.2Co/c1-14-6-16(20(26)18(8-14)12-24)10-22-4-3-5-23-11-17-7-15(2)9-19(13-25)21(17)27;;;;/h6-13,22-23H,3-5H2,1-2H3;2*1H;;/q;;;;+2/p-2/b16-10-,17-11-;;;;. The normalized spacial score (nSPS) is 18.1. The molecular weight excluding hydrogens is 533 g/mol. The summed E-state index contributed by atoms with van der Waals surface area (Å²) >= 11 is 0.382. The maximum Gasteiger partial charge on any atom is 0 e. The Morgan fingerprint density at radius 3 is 1.48 bits per heavy atom. The molecule has 0 aromatic carbocycles. The Morgan fingerprint density at radius 1 is 0.806 bits per heavy atom. The van der Waals surface area contributed by atoms with Gasteiger partial charge in [0.2, 0.25) is 0 Å². The van der Waals surface area contributed by atoms with Crippen molar-refractivity contribution in [1.82, 2.24) is 10.6 Å². The number of hydrogen-bond acceptors (Lipinski definition) is 6. The second kappa shape index (κ2) is 16.0. The van der Waals surface area contributed by atoms with Crippen molar-refractivity contribution in [3.05, 3.63) is 70.1 Å². The third kappa shape index (κ3) is 9.98. The van der Waals surface area contributed by atoms with E-state index in [4.69, 9.17) is 20.3 Å². The Labute approximate surface area is 206 Å². The molecule has 6 nitrogen and oxygen atoms in total. The summed E-state index contributed by atoms with van der Waals surface area (Å²) in [6, 6.07) is 0. The second-order valence-corrected chi connectivity index (χ2v) is 8.10. The predicted octanol–water partition coefficient (Wildman–Crippen LogP) is 3.01. The summed E-state index contributed by atoms with van der Waals surface area (Å²) in [6.07, 6.45) is 11.7. The Morgan fingerprint density at radius 2 is 1.16 bits per heavy atom. The van der Waals surface area contributed by atoms with E-state index in [1.54, 1.807) is 36.7 Å². The first kappa shape index (κ1) is 29.3. The van der Waals surface area contributed by atoms with E-state index in [2.05, 4.69) is 10.6 Å². The number of aldehydes is 2. The van der Waals surface area contributed by atoms with Crippen molar-refractivity contribution in [3.63, 3.8) is 0 Å². The fraction of sp³-hybridized carbons (Fsp3) is 0.238. The summed E-state index contributed by atoms with van der Waals surface area (Å²) in [7, 11) is 9.47. The number of halogens is 2. The van der Waals surface area contributed by atoms with Crippen molar-refractivity contribution in [1.29, 1.82) is 0 Å². The van der Waals surface area contributed by atoms with Gasteiger partial charge in [-0.05, 0) is 55.7 Å². The number of nitrogens with one attached hydrogen (secondary N) is 2. The first-order valence-corrected chi connectivity index (χ1v) is 11.7. The van der Waals surface area contributed by atoms with Crippen LogP contribution in [0.2, 0.25) is 0 Å². The molecular formula is C21H22Cl2Co2N2O4. The van der Waals surface area contributed by atoms with Crippen LogP contribution in [0.1, 0.15) is 20.3 Å². The second-order valence-electron chi connectivity index (χ2n) is 6.38. The molecule has 0 saturated heterocycles. The zero-order chi connectivity index (χ0) is 22.5. The van der Waals surface area contributed by atoms with Crippen LogP contribution in [0.15, 0.2) is 70.1 Å². The Kier molecular flexibility index (Phi) is 15.1. The van der Waals surface area contributed by atoms with Gasteiger partial charge in [0, 0.05) is 53.4 Å². The number of hydrogen-bond donors (Lipinski definition) is 2. The predicted molar refractivity (Wildman–Crippen MR) is 114 cm³/mol. The number of carbonyl (C=O) groups excluding carboxylic acids is 4. The molecule has 10 heteroatoms. The molecule has 172 valence electrons. The molecule has 0 amide bonds. The minimum atomic E-state index is -0.289. The number of Topliss-reactive ketones (excluding diaryl/α,β-unsaturated/α-hetero) is 2. The minimum Gasteiger partial charge on any atom is 0 e. The van der Waals surface area contributed by atoms with Gasteiger partial charge in [-0.1, -0.05) is 0 Å². The van der Waals surface area contributed by atoms with Gasteiger partial charge < -0.3 is 10.6 Å². The van der Waals surface area contributed by atoms with Gasteiger partial charge in [0.1, 0.15) is 0 Å². The third-order valence-electron chi connectivity index (χ3n) is 3.99. The van der Waals surface area contributed by atoms with Gasteiger partial charge in [0.15, 0.2) is 24.1 Å². The summed E-state index contributed by atoms with van der Waals surface area (Å²) in [4.78, 5) is 45.8. The molecule has 0 saturated carbocycles. The van der Waals surface area contributed by atoms with E-state index in [0.717, 1.165) is 17.6 Å². The first-order chi connectivity index (χ1) is 14.4. The third-order valence-corrected chi connectivity index (χ3v) is 3.99. The number of allylic oxidation sites excluding steroid dienone is 10. The molecule has 2 rings (SSSR count).